The van der Waals surface area contributed by atoms with E-state index in [1.54, 1.807) is 6.33 Å². The molecular weight excluding hydrogens is 374 g/mol. The van der Waals surface area contributed by atoms with Gasteiger partial charge in [-0.15, -0.1) is 0 Å². The minimum atomic E-state index is -3.49. The number of sulfone groups is 1. The Balaban J connectivity index is 1.59. The number of halogens is 1. The number of amides is 1. The lowest BCUT2D eigenvalue weighted by Crippen LogP contribution is -2.25. The molecular formula is C18H18ClN3O3S. The molecule has 0 saturated carbocycles. The van der Waals surface area contributed by atoms with Gasteiger partial charge in [-0.3, -0.25) is 4.79 Å². The minimum Gasteiger partial charge on any atom is -0.352 e. The van der Waals surface area contributed by atoms with Crippen molar-refractivity contribution < 1.29 is 13.2 Å². The molecule has 8 heteroatoms. The van der Waals surface area contributed by atoms with E-state index in [2.05, 4.69) is 10.3 Å². The highest BCUT2D eigenvalue weighted by Crippen LogP contribution is 2.22. The predicted octanol–water partition coefficient (Wildman–Crippen LogP) is 2.91. The molecule has 0 aliphatic rings. The van der Waals surface area contributed by atoms with Crippen LogP contribution in [0.5, 0.6) is 0 Å². The van der Waals surface area contributed by atoms with E-state index in [1.165, 1.54) is 18.2 Å². The van der Waals surface area contributed by atoms with Crippen LogP contribution >= 0.6 is 11.6 Å². The van der Waals surface area contributed by atoms with Crippen molar-refractivity contribution in [2.45, 2.75) is 17.9 Å². The monoisotopic (exact) mass is 391 g/mol. The van der Waals surface area contributed by atoms with Crippen molar-refractivity contribution >= 4 is 38.4 Å². The molecule has 0 radical (unpaired) electrons. The quantitative estimate of drug-likeness (QED) is 0.655. The van der Waals surface area contributed by atoms with E-state index in [4.69, 9.17) is 11.6 Å². The van der Waals surface area contributed by atoms with Gasteiger partial charge >= 0.3 is 0 Å². The normalized spacial score (nSPS) is 11.6. The van der Waals surface area contributed by atoms with Crippen molar-refractivity contribution in [1.29, 1.82) is 0 Å². The summed E-state index contributed by atoms with van der Waals surface area (Å²) in [6.07, 6.45) is 3.56. The fourth-order valence-corrected chi connectivity index (χ4v) is 3.97. The van der Waals surface area contributed by atoms with Crippen LogP contribution in [0.2, 0.25) is 5.02 Å². The van der Waals surface area contributed by atoms with Gasteiger partial charge in [-0.25, -0.2) is 13.4 Å². The van der Waals surface area contributed by atoms with Gasteiger partial charge < -0.3 is 9.88 Å². The maximum atomic E-state index is 12.2. The summed E-state index contributed by atoms with van der Waals surface area (Å²) in [5.74, 6) is -0.331. The highest BCUT2D eigenvalue weighted by Gasteiger charge is 2.15. The third-order valence-electron chi connectivity index (χ3n) is 3.98. The molecule has 0 saturated heterocycles. The number of aryl methyl sites for hydroxylation is 1. The average Bonchev–Trinajstić information content (AvgIpc) is 3.01. The van der Waals surface area contributed by atoms with E-state index < -0.39 is 9.84 Å². The largest absolute Gasteiger partial charge is 0.352 e. The Kier molecular flexibility index (Phi) is 5.29. The van der Waals surface area contributed by atoms with Gasteiger partial charge in [0.25, 0.3) is 5.91 Å². The van der Waals surface area contributed by atoms with Crippen molar-refractivity contribution in [1.82, 2.24) is 14.9 Å². The molecule has 0 fully saturated rings. The van der Waals surface area contributed by atoms with Gasteiger partial charge in [-0.1, -0.05) is 23.7 Å². The second kappa shape index (κ2) is 7.47. The van der Waals surface area contributed by atoms with Crippen LogP contribution in [0.4, 0.5) is 0 Å². The summed E-state index contributed by atoms with van der Waals surface area (Å²) >= 11 is 5.90. The van der Waals surface area contributed by atoms with Gasteiger partial charge in [0.05, 0.1) is 27.3 Å². The molecule has 6 nitrogen and oxygen atoms in total. The van der Waals surface area contributed by atoms with Crippen LogP contribution in [0.25, 0.3) is 11.0 Å². The predicted molar refractivity (Wildman–Crippen MR) is 101 cm³/mol. The van der Waals surface area contributed by atoms with Crippen molar-refractivity contribution in [2.75, 3.05) is 12.8 Å². The Morgan fingerprint density at radius 3 is 2.77 bits per heavy atom. The van der Waals surface area contributed by atoms with Crippen LogP contribution in [-0.2, 0) is 16.4 Å². The fourth-order valence-electron chi connectivity index (χ4n) is 2.67. The second-order valence-corrected chi connectivity index (χ2v) is 8.34. The number of imidazole rings is 1. The maximum Gasteiger partial charge on any atom is 0.251 e. The number of hydrogen-bond acceptors (Lipinski definition) is 4. The lowest BCUT2D eigenvalue weighted by atomic mass is 10.2. The topological polar surface area (TPSA) is 81.1 Å². The van der Waals surface area contributed by atoms with E-state index in [9.17, 15) is 13.2 Å². The first-order chi connectivity index (χ1) is 12.4. The zero-order chi connectivity index (χ0) is 18.7. The molecule has 0 aliphatic heterocycles. The summed E-state index contributed by atoms with van der Waals surface area (Å²) in [6.45, 7) is 1.18. The molecule has 0 aliphatic carbocycles. The zero-order valence-corrected chi connectivity index (χ0v) is 15.7. The molecule has 0 spiro atoms. The van der Waals surface area contributed by atoms with Crippen LogP contribution in [0.15, 0.2) is 53.7 Å². The van der Waals surface area contributed by atoms with E-state index in [0.29, 0.717) is 6.54 Å². The molecule has 0 bridgehead atoms. The smallest absolute Gasteiger partial charge is 0.251 e. The Hall–Kier alpha value is -2.38. The first-order valence-electron chi connectivity index (χ1n) is 8.04. The van der Waals surface area contributed by atoms with Crippen LogP contribution < -0.4 is 5.32 Å². The molecule has 1 amide bonds. The average molecular weight is 392 g/mol. The molecule has 2 aromatic carbocycles. The lowest BCUT2D eigenvalue weighted by Gasteiger charge is -2.08. The first-order valence-corrected chi connectivity index (χ1v) is 10.3. The van der Waals surface area contributed by atoms with Crippen molar-refractivity contribution in [3.05, 3.63) is 59.4 Å². The third kappa shape index (κ3) is 4.05. The summed E-state index contributed by atoms with van der Waals surface area (Å²) in [7, 11) is -3.49. The minimum absolute atomic E-state index is 0.0447. The van der Waals surface area contributed by atoms with Gasteiger partial charge in [-0.2, -0.15) is 0 Å². The maximum absolute atomic E-state index is 12.2. The van der Waals surface area contributed by atoms with Crippen LogP contribution in [0.1, 0.15) is 16.8 Å². The van der Waals surface area contributed by atoms with Gasteiger partial charge in [-0.05, 0) is 36.8 Å². The first kappa shape index (κ1) is 18.4. The van der Waals surface area contributed by atoms with Gasteiger partial charge in [0, 0.05) is 24.9 Å². The molecule has 1 aromatic heterocycles. The number of carbonyl (C=O) groups excluding carboxylic acids is 1. The summed E-state index contributed by atoms with van der Waals surface area (Å²) in [5, 5.41) is 2.90. The van der Waals surface area contributed by atoms with Gasteiger partial charge in [0.15, 0.2) is 9.84 Å². The highest BCUT2D eigenvalue weighted by atomic mass is 35.5. The summed E-state index contributed by atoms with van der Waals surface area (Å²) in [6, 6.07) is 12.1. The van der Waals surface area contributed by atoms with Crippen LogP contribution in [0.3, 0.4) is 0 Å². The van der Waals surface area contributed by atoms with Crippen LogP contribution in [0, 0.1) is 0 Å². The van der Waals surface area contributed by atoms with Gasteiger partial charge in [0.2, 0.25) is 0 Å². The number of nitrogens with one attached hydrogen (secondary N) is 1. The number of nitrogens with zero attached hydrogens (tertiary/aromatic N) is 2. The molecule has 26 heavy (non-hydrogen) atoms. The summed E-state index contributed by atoms with van der Waals surface area (Å²) in [5.41, 5.74) is 2.25. The van der Waals surface area contributed by atoms with Crippen molar-refractivity contribution in [3.8, 4) is 0 Å². The second-order valence-electron chi connectivity index (χ2n) is 5.95. The molecule has 0 atom stereocenters. The van der Waals surface area contributed by atoms with Crippen molar-refractivity contribution in [2.24, 2.45) is 0 Å². The zero-order valence-electron chi connectivity index (χ0n) is 14.1. The Labute approximate surface area is 156 Å². The molecule has 136 valence electrons. The van der Waals surface area contributed by atoms with E-state index in [1.807, 2.05) is 28.8 Å². The standard InChI is InChI=1S/C18H18ClN3O3S/c1-26(24,25)17-11-13(7-8-14(17)19)18(23)20-9-4-10-22-12-21-15-5-2-3-6-16(15)22/h2-3,5-8,11-12H,4,9-10H2,1H3,(H,20,23). The van der Waals surface area contributed by atoms with E-state index in [0.717, 1.165) is 30.3 Å². The molecule has 3 aromatic rings. The van der Waals surface area contributed by atoms with E-state index >= 15 is 0 Å². The van der Waals surface area contributed by atoms with Gasteiger partial charge in [0.1, 0.15) is 0 Å². The number of hydrogen-bond donors (Lipinski definition) is 1. The van der Waals surface area contributed by atoms with E-state index in [-0.39, 0.29) is 21.4 Å². The number of para-hydroxylation sites is 2. The Morgan fingerprint density at radius 2 is 2.00 bits per heavy atom. The molecule has 1 heterocycles. The number of aromatic nitrogens is 2. The molecule has 3 rings (SSSR count). The Bertz CT molecular complexity index is 1060. The third-order valence-corrected chi connectivity index (χ3v) is 5.56. The number of benzene rings is 2. The summed E-state index contributed by atoms with van der Waals surface area (Å²) in [4.78, 5) is 16.5. The number of carbonyl (C=O) groups is 1. The Morgan fingerprint density at radius 1 is 1.23 bits per heavy atom. The molecule has 1 N–H and O–H groups in total. The van der Waals surface area contributed by atoms with Crippen molar-refractivity contribution in [3.63, 3.8) is 0 Å². The highest BCUT2D eigenvalue weighted by molar-refractivity contribution is 7.90. The SMILES string of the molecule is CS(=O)(=O)c1cc(C(=O)NCCCn2cnc3ccccc32)ccc1Cl. The fraction of sp³-hybridized carbons (Fsp3) is 0.222. The van der Waals surface area contributed by atoms with Crippen LogP contribution in [-0.4, -0.2) is 36.7 Å². The number of fused-ring (bicyclic) bond motifs is 1. The molecule has 0 unspecified atom stereocenters. The summed E-state index contributed by atoms with van der Waals surface area (Å²) < 4.78 is 25.4. The lowest BCUT2D eigenvalue weighted by molar-refractivity contribution is 0.0952. The number of rotatable bonds is 6.